The number of carbonyl (C=O) groups is 1. The smallest absolute Gasteiger partial charge is 0.262 e. The molecule has 1 amide bonds. The number of hydrogen-bond donors (Lipinski definition) is 1. The van der Waals surface area contributed by atoms with Crippen LogP contribution in [0.5, 0.6) is 0 Å². The van der Waals surface area contributed by atoms with Crippen molar-refractivity contribution in [1.82, 2.24) is 19.6 Å². The second-order valence-electron chi connectivity index (χ2n) is 5.65. The van der Waals surface area contributed by atoms with Gasteiger partial charge in [0.1, 0.15) is 5.82 Å². The van der Waals surface area contributed by atoms with Crippen LogP contribution >= 0.6 is 11.5 Å². The van der Waals surface area contributed by atoms with E-state index in [4.69, 9.17) is 0 Å². The van der Waals surface area contributed by atoms with E-state index in [1.807, 2.05) is 6.92 Å². The van der Waals surface area contributed by atoms with Crippen molar-refractivity contribution in [3.8, 4) is 0 Å². The van der Waals surface area contributed by atoms with Gasteiger partial charge < -0.3 is 9.80 Å². The Morgan fingerprint density at radius 1 is 1.41 bits per heavy atom. The van der Waals surface area contributed by atoms with Crippen molar-refractivity contribution in [2.75, 3.05) is 37.6 Å². The van der Waals surface area contributed by atoms with Gasteiger partial charge in [0.25, 0.3) is 5.92 Å². The highest BCUT2D eigenvalue weighted by atomic mass is 32.1. The number of rotatable bonds is 3. The molecule has 2 saturated heterocycles. The summed E-state index contributed by atoms with van der Waals surface area (Å²) < 4.78 is 30.6. The lowest BCUT2D eigenvalue weighted by Crippen LogP contribution is -2.53. The van der Waals surface area contributed by atoms with Gasteiger partial charge in [0.05, 0.1) is 12.6 Å². The fraction of sp³-hybridized carbons (Fsp3) is 0.769. The van der Waals surface area contributed by atoms with Gasteiger partial charge in [-0.05, 0) is 0 Å². The molecular weight excluding hydrogens is 312 g/mol. The molecule has 9 heteroatoms. The third-order valence-corrected chi connectivity index (χ3v) is 4.86. The van der Waals surface area contributed by atoms with E-state index >= 15 is 0 Å². The average molecular weight is 331 g/mol. The summed E-state index contributed by atoms with van der Waals surface area (Å²) in [7, 11) is 0. The van der Waals surface area contributed by atoms with Gasteiger partial charge in [0, 0.05) is 50.6 Å². The summed E-state index contributed by atoms with van der Waals surface area (Å²) in [6.45, 7) is 3.98. The Kier molecular flexibility index (Phi) is 4.26. The number of aryl methyl sites for hydroxylation is 1. The Labute approximate surface area is 131 Å². The molecule has 1 unspecified atom stereocenters. The number of amides is 1. The van der Waals surface area contributed by atoms with E-state index in [1.54, 1.807) is 4.90 Å². The first-order chi connectivity index (χ1) is 10.5. The number of nitrogens with zero attached hydrogens (tertiary/aromatic N) is 4. The van der Waals surface area contributed by atoms with Crippen LogP contribution in [0.1, 0.15) is 19.2 Å². The molecule has 2 aliphatic heterocycles. The van der Waals surface area contributed by atoms with Crippen LogP contribution in [0.4, 0.5) is 13.9 Å². The molecule has 1 aromatic heterocycles. The Morgan fingerprint density at radius 2 is 2.14 bits per heavy atom. The zero-order valence-corrected chi connectivity index (χ0v) is 13.2. The first-order valence-electron chi connectivity index (χ1n) is 7.46. The van der Waals surface area contributed by atoms with Crippen molar-refractivity contribution in [2.45, 2.75) is 31.7 Å². The maximum Gasteiger partial charge on any atom is 0.262 e. The summed E-state index contributed by atoms with van der Waals surface area (Å²) in [6.07, 6.45) is 0.402. The third kappa shape index (κ3) is 3.19. The molecule has 122 valence electrons. The average Bonchev–Trinajstić information content (AvgIpc) is 3.13. The second kappa shape index (κ2) is 6.04. The van der Waals surface area contributed by atoms with Gasteiger partial charge >= 0.3 is 0 Å². The molecule has 22 heavy (non-hydrogen) atoms. The highest BCUT2D eigenvalue weighted by Crippen LogP contribution is 2.26. The number of carbonyl (C=O) groups excluding carboxylic acids is 1. The zero-order chi connectivity index (χ0) is 15.7. The molecule has 3 rings (SSSR count). The van der Waals surface area contributed by atoms with Crippen LogP contribution in [0, 0.1) is 0 Å². The SMILES string of the molecule is CCc1nsc(N2CCN(C(=O)C3CC(F)(F)CN3)CC2)n1. The number of anilines is 1. The van der Waals surface area contributed by atoms with Crippen LogP contribution in [0.2, 0.25) is 0 Å². The van der Waals surface area contributed by atoms with Gasteiger partial charge in [-0.15, -0.1) is 0 Å². The first-order valence-corrected chi connectivity index (χ1v) is 8.23. The molecule has 1 atom stereocenters. The van der Waals surface area contributed by atoms with Gasteiger partial charge in [-0.3, -0.25) is 10.1 Å². The number of piperazine rings is 1. The molecule has 0 aromatic carbocycles. The molecule has 1 aromatic rings. The summed E-state index contributed by atoms with van der Waals surface area (Å²) >= 11 is 1.37. The standard InChI is InChI=1S/C13H19F2N5OS/c1-2-10-17-12(22-18-10)20-5-3-19(4-6-20)11(21)9-7-13(14,15)8-16-9/h9,16H,2-8H2,1H3. The molecule has 6 nitrogen and oxygen atoms in total. The van der Waals surface area contributed by atoms with Gasteiger partial charge in [-0.25, -0.2) is 13.8 Å². The monoisotopic (exact) mass is 331 g/mol. The summed E-state index contributed by atoms with van der Waals surface area (Å²) in [4.78, 5) is 20.5. The summed E-state index contributed by atoms with van der Waals surface area (Å²) in [6, 6.07) is -0.755. The van der Waals surface area contributed by atoms with Gasteiger partial charge in [-0.1, -0.05) is 6.92 Å². The highest BCUT2D eigenvalue weighted by molar-refractivity contribution is 7.09. The predicted octanol–water partition coefficient (Wildman–Crippen LogP) is 0.746. The largest absolute Gasteiger partial charge is 0.343 e. The number of halogens is 2. The van der Waals surface area contributed by atoms with Crippen molar-refractivity contribution in [2.24, 2.45) is 0 Å². The Morgan fingerprint density at radius 3 is 2.68 bits per heavy atom. The quantitative estimate of drug-likeness (QED) is 0.885. The van der Waals surface area contributed by atoms with Crippen molar-refractivity contribution in [1.29, 1.82) is 0 Å². The van der Waals surface area contributed by atoms with Crippen molar-refractivity contribution >= 4 is 22.6 Å². The molecule has 1 N–H and O–H groups in total. The predicted molar refractivity (Wildman–Crippen MR) is 79.4 cm³/mol. The summed E-state index contributed by atoms with van der Waals surface area (Å²) in [5.74, 6) is -2.16. The van der Waals surface area contributed by atoms with Crippen molar-refractivity contribution < 1.29 is 13.6 Å². The molecule has 3 heterocycles. The summed E-state index contributed by atoms with van der Waals surface area (Å²) in [5, 5.41) is 3.49. The maximum absolute atomic E-state index is 13.2. The number of aromatic nitrogens is 2. The van der Waals surface area contributed by atoms with Crippen LogP contribution in [-0.2, 0) is 11.2 Å². The lowest BCUT2D eigenvalue weighted by molar-refractivity contribution is -0.134. The van der Waals surface area contributed by atoms with Gasteiger partial charge in [-0.2, -0.15) is 4.37 Å². The summed E-state index contributed by atoms with van der Waals surface area (Å²) in [5.41, 5.74) is 0. The Hall–Kier alpha value is -1.35. The van der Waals surface area contributed by atoms with Gasteiger partial charge in [0.2, 0.25) is 11.0 Å². The third-order valence-electron chi connectivity index (χ3n) is 4.04. The second-order valence-corrected chi connectivity index (χ2v) is 6.38. The van der Waals surface area contributed by atoms with E-state index in [-0.39, 0.29) is 5.91 Å². The highest BCUT2D eigenvalue weighted by Gasteiger charge is 2.43. The van der Waals surface area contributed by atoms with Crippen LogP contribution in [-0.4, -0.2) is 64.9 Å². The van der Waals surface area contributed by atoms with Gasteiger partial charge in [0.15, 0.2) is 0 Å². The topological polar surface area (TPSA) is 61.4 Å². The van der Waals surface area contributed by atoms with Crippen LogP contribution in [0.3, 0.4) is 0 Å². The normalized spacial score (nSPS) is 24.8. The Bertz CT molecular complexity index is 544. The minimum atomic E-state index is -2.77. The lowest BCUT2D eigenvalue weighted by Gasteiger charge is -2.35. The zero-order valence-electron chi connectivity index (χ0n) is 12.4. The van der Waals surface area contributed by atoms with E-state index in [9.17, 15) is 13.6 Å². The minimum Gasteiger partial charge on any atom is -0.343 e. The van der Waals surface area contributed by atoms with Crippen molar-refractivity contribution in [3.05, 3.63) is 5.82 Å². The maximum atomic E-state index is 13.2. The first kappa shape index (κ1) is 15.5. The lowest BCUT2D eigenvalue weighted by atomic mass is 10.1. The van der Waals surface area contributed by atoms with Crippen LogP contribution in [0.15, 0.2) is 0 Å². The molecule has 0 spiro atoms. The Balaban J connectivity index is 1.54. The van der Waals surface area contributed by atoms with Crippen molar-refractivity contribution in [3.63, 3.8) is 0 Å². The molecule has 0 bridgehead atoms. The molecule has 0 saturated carbocycles. The number of hydrogen-bond acceptors (Lipinski definition) is 6. The molecule has 2 fully saturated rings. The van der Waals surface area contributed by atoms with E-state index in [0.717, 1.165) is 17.4 Å². The minimum absolute atomic E-state index is 0.219. The van der Waals surface area contributed by atoms with Crippen LogP contribution < -0.4 is 10.2 Å². The number of alkyl halides is 2. The molecule has 0 radical (unpaired) electrons. The fourth-order valence-electron chi connectivity index (χ4n) is 2.75. The number of nitrogens with one attached hydrogen (secondary N) is 1. The molecule has 2 aliphatic rings. The van der Waals surface area contributed by atoms with E-state index in [1.165, 1.54) is 11.5 Å². The molecular formula is C13H19F2N5OS. The van der Waals surface area contributed by atoms with E-state index in [0.29, 0.717) is 26.2 Å². The van der Waals surface area contributed by atoms with Crippen LogP contribution in [0.25, 0.3) is 0 Å². The van der Waals surface area contributed by atoms with E-state index in [2.05, 4.69) is 19.6 Å². The van der Waals surface area contributed by atoms with E-state index < -0.39 is 24.9 Å². The molecule has 0 aliphatic carbocycles. The fourth-order valence-corrected chi connectivity index (χ4v) is 3.55.